The van der Waals surface area contributed by atoms with Crippen LogP contribution in [0.3, 0.4) is 0 Å². The number of urea groups is 1. The van der Waals surface area contributed by atoms with Gasteiger partial charge < -0.3 is 10.8 Å². The van der Waals surface area contributed by atoms with E-state index in [4.69, 9.17) is 10.8 Å². The van der Waals surface area contributed by atoms with Crippen molar-refractivity contribution in [3.8, 4) is 16.9 Å². The highest BCUT2D eigenvalue weighted by Crippen LogP contribution is 2.29. The SMILES string of the molecule is NCCCCN1N=C(/C=C/c2ccc(O)cc2)c2ccccc2N(Cc2ccc(-c3ccccc3)cc2)C1=O. The first kappa shape index (κ1) is 25.9. The number of hydrogen-bond donors (Lipinski definition) is 2. The highest BCUT2D eigenvalue weighted by Gasteiger charge is 2.29. The van der Waals surface area contributed by atoms with Gasteiger partial charge in [0.05, 0.1) is 17.9 Å². The lowest BCUT2D eigenvalue weighted by atomic mass is 10.0. The molecule has 4 aromatic rings. The Labute approximate surface area is 229 Å². The standard InChI is InChI=1S/C33H32N4O2/c34-22-6-7-23-37-33(39)36(24-26-12-17-28(18-13-26)27-8-2-1-3-9-27)32-11-5-4-10-30(32)31(35-37)21-16-25-14-19-29(38)20-15-25/h1-5,8-21,38H,6-7,22-24,34H2/b21-16+. The molecule has 6 heteroatoms. The minimum atomic E-state index is -0.167. The second kappa shape index (κ2) is 12.2. The largest absolute Gasteiger partial charge is 0.508 e. The van der Waals surface area contributed by atoms with Crippen molar-refractivity contribution < 1.29 is 9.90 Å². The zero-order valence-electron chi connectivity index (χ0n) is 21.8. The Bertz CT molecular complexity index is 1460. The van der Waals surface area contributed by atoms with Crippen molar-refractivity contribution in [3.05, 3.63) is 126 Å². The van der Waals surface area contributed by atoms with Gasteiger partial charge in [-0.25, -0.2) is 9.80 Å². The molecule has 0 saturated carbocycles. The second-order valence-electron chi connectivity index (χ2n) is 9.48. The highest BCUT2D eigenvalue weighted by molar-refractivity contribution is 6.17. The fourth-order valence-electron chi connectivity index (χ4n) is 4.60. The molecular weight excluding hydrogens is 484 g/mol. The molecule has 1 aliphatic heterocycles. The Hall–Kier alpha value is -4.68. The zero-order valence-corrected chi connectivity index (χ0v) is 21.8. The number of hydrogen-bond acceptors (Lipinski definition) is 4. The number of rotatable bonds is 9. The quantitative estimate of drug-likeness (QED) is 0.244. The van der Waals surface area contributed by atoms with Crippen LogP contribution in [0.5, 0.6) is 5.75 Å². The number of anilines is 1. The number of hydrazone groups is 1. The van der Waals surface area contributed by atoms with E-state index >= 15 is 0 Å². The lowest BCUT2D eigenvalue weighted by Gasteiger charge is -2.26. The Morgan fingerprint density at radius 1 is 0.769 bits per heavy atom. The molecule has 1 aliphatic rings. The number of benzene rings is 4. The summed E-state index contributed by atoms with van der Waals surface area (Å²) in [6.07, 6.45) is 5.44. The first-order chi connectivity index (χ1) is 19.1. The number of nitrogens with zero attached hydrogens (tertiary/aromatic N) is 3. The van der Waals surface area contributed by atoms with Gasteiger partial charge in [-0.3, -0.25) is 4.90 Å². The molecule has 0 aromatic heterocycles. The van der Waals surface area contributed by atoms with E-state index in [-0.39, 0.29) is 11.8 Å². The third kappa shape index (κ3) is 6.25. The van der Waals surface area contributed by atoms with E-state index in [1.807, 2.05) is 66.7 Å². The molecule has 0 saturated heterocycles. The predicted molar refractivity (Wildman–Crippen MR) is 159 cm³/mol. The monoisotopic (exact) mass is 516 g/mol. The Kier molecular flexibility index (Phi) is 8.15. The molecule has 6 nitrogen and oxygen atoms in total. The van der Waals surface area contributed by atoms with Crippen molar-refractivity contribution in [2.24, 2.45) is 10.8 Å². The van der Waals surface area contributed by atoms with Crippen LogP contribution in [0.2, 0.25) is 0 Å². The summed E-state index contributed by atoms with van der Waals surface area (Å²) in [4.78, 5) is 15.7. The lowest BCUT2D eigenvalue weighted by molar-refractivity contribution is 0.206. The number of carbonyl (C=O) groups is 1. The number of carbonyl (C=O) groups excluding carboxylic acids is 1. The summed E-state index contributed by atoms with van der Waals surface area (Å²) in [7, 11) is 0. The fourth-order valence-corrected chi connectivity index (χ4v) is 4.60. The maximum atomic E-state index is 13.9. The third-order valence-electron chi connectivity index (χ3n) is 6.70. The number of allylic oxidation sites excluding steroid dienone is 1. The van der Waals surface area contributed by atoms with Crippen molar-refractivity contribution >= 4 is 23.5 Å². The molecule has 39 heavy (non-hydrogen) atoms. The van der Waals surface area contributed by atoms with Gasteiger partial charge in [0.25, 0.3) is 0 Å². The minimum absolute atomic E-state index is 0.167. The summed E-state index contributed by atoms with van der Waals surface area (Å²) in [5, 5.41) is 16.0. The molecular formula is C33H32N4O2. The molecule has 0 aliphatic carbocycles. The minimum Gasteiger partial charge on any atom is -0.508 e. The van der Waals surface area contributed by atoms with Gasteiger partial charge in [0.2, 0.25) is 0 Å². The number of amides is 2. The predicted octanol–water partition coefficient (Wildman–Crippen LogP) is 6.66. The molecule has 0 radical (unpaired) electrons. The van der Waals surface area contributed by atoms with E-state index < -0.39 is 0 Å². The van der Waals surface area contributed by atoms with Gasteiger partial charge >= 0.3 is 6.03 Å². The summed E-state index contributed by atoms with van der Waals surface area (Å²) in [6, 6.07) is 33.3. The van der Waals surface area contributed by atoms with E-state index in [0.717, 1.165) is 46.3 Å². The van der Waals surface area contributed by atoms with Crippen LogP contribution >= 0.6 is 0 Å². The average Bonchev–Trinajstić information content (AvgIpc) is 3.08. The van der Waals surface area contributed by atoms with Crippen molar-refractivity contribution in [1.29, 1.82) is 0 Å². The maximum absolute atomic E-state index is 13.9. The number of phenolic OH excluding ortho intramolecular Hbond substituents is 1. The van der Waals surface area contributed by atoms with Gasteiger partial charge in [-0.2, -0.15) is 5.10 Å². The zero-order chi connectivity index (χ0) is 27.0. The highest BCUT2D eigenvalue weighted by atomic mass is 16.3. The Morgan fingerprint density at radius 3 is 2.21 bits per heavy atom. The first-order valence-electron chi connectivity index (χ1n) is 13.2. The van der Waals surface area contributed by atoms with Gasteiger partial charge in [-0.1, -0.05) is 91.0 Å². The first-order valence-corrected chi connectivity index (χ1v) is 13.2. The lowest BCUT2D eigenvalue weighted by Crippen LogP contribution is -2.40. The van der Waals surface area contributed by atoms with Gasteiger partial charge in [0.15, 0.2) is 0 Å². The number of aromatic hydroxyl groups is 1. The van der Waals surface area contributed by atoms with E-state index in [2.05, 4.69) is 36.4 Å². The van der Waals surface area contributed by atoms with E-state index in [1.54, 1.807) is 22.0 Å². The molecule has 0 unspecified atom stereocenters. The smallest absolute Gasteiger partial charge is 0.345 e. The van der Waals surface area contributed by atoms with Crippen LogP contribution in [0.1, 0.15) is 29.5 Å². The van der Waals surface area contributed by atoms with Crippen molar-refractivity contribution in [2.45, 2.75) is 19.4 Å². The van der Waals surface area contributed by atoms with Gasteiger partial charge in [-0.05, 0) is 65.9 Å². The molecule has 0 spiro atoms. The molecule has 1 heterocycles. The summed E-state index contributed by atoms with van der Waals surface area (Å²) in [6.45, 7) is 1.46. The van der Waals surface area contributed by atoms with Crippen LogP contribution in [-0.4, -0.2) is 34.9 Å². The number of fused-ring (bicyclic) bond motifs is 1. The molecule has 4 aromatic carbocycles. The van der Waals surface area contributed by atoms with E-state index in [0.29, 0.717) is 25.3 Å². The summed E-state index contributed by atoms with van der Waals surface area (Å²) in [5.74, 6) is 0.216. The van der Waals surface area contributed by atoms with Crippen molar-refractivity contribution in [1.82, 2.24) is 5.01 Å². The van der Waals surface area contributed by atoms with Crippen LogP contribution in [0, 0.1) is 0 Å². The molecule has 0 atom stereocenters. The number of phenols is 1. The molecule has 3 N–H and O–H groups in total. The second-order valence-corrected chi connectivity index (χ2v) is 9.48. The molecule has 0 fully saturated rings. The Morgan fingerprint density at radius 2 is 1.46 bits per heavy atom. The number of unbranched alkanes of at least 4 members (excludes halogenated alkanes) is 1. The van der Waals surface area contributed by atoms with Gasteiger partial charge in [-0.15, -0.1) is 0 Å². The van der Waals surface area contributed by atoms with E-state index in [9.17, 15) is 9.90 Å². The third-order valence-corrected chi connectivity index (χ3v) is 6.70. The summed E-state index contributed by atoms with van der Waals surface area (Å²) >= 11 is 0. The van der Waals surface area contributed by atoms with Crippen molar-refractivity contribution in [3.63, 3.8) is 0 Å². The van der Waals surface area contributed by atoms with Crippen LogP contribution in [0.4, 0.5) is 10.5 Å². The van der Waals surface area contributed by atoms with Crippen LogP contribution in [0.15, 0.2) is 114 Å². The average molecular weight is 517 g/mol. The van der Waals surface area contributed by atoms with Gasteiger partial charge in [0.1, 0.15) is 5.75 Å². The van der Waals surface area contributed by atoms with Crippen molar-refractivity contribution in [2.75, 3.05) is 18.0 Å². The fraction of sp³-hybridized carbons (Fsp3) is 0.152. The van der Waals surface area contributed by atoms with Crippen LogP contribution in [0.25, 0.3) is 17.2 Å². The van der Waals surface area contributed by atoms with Crippen LogP contribution < -0.4 is 10.6 Å². The normalized spacial score (nSPS) is 13.4. The molecule has 5 rings (SSSR count). The molecule has 196 valence electrons. The van der Waals surface area contributed by atoms with Crippen LogP contribution in [-0.2, 0) is 6.54 Å². The number of para-hydroxylation sites is 1. The maximum Gasteiger partial charge on any atom is 0.345 e. The number of nitrogens with two attached hydrogens (primary N) is 1. The van der Waals surface area contributed by atoms with Gasteiger partial charge in [0, 0.05) is 12.1 Å². The Balaban J connectivity index is 1.48. The summed E-state index contributed by atoms with van der Waals surface area (Å²) in [5.41, 5.74) is 12.4. The topological polar surface area (TPSA) is 82.2 Å². The molecule has 0 bridgehead atoms. The molecule has 2 amide bonds. The van der Waals surface area contributed by atoms with E-state index in [1.165, 1.54) is 0 Å². The summed E-state index contributed by atoms with van der Waals surface area (Å²) < 4.78 is 0.